The van der Waals surface area contributed by atoms with Crippen LogP contribution in [0.25, 0.3) is 11.3 Å². The van der Waals surface area contributed by atoms with E-state index in [0.717, 1.165) is 31.5 Å². The number of carboxylic acids is 1. The maximum atomic E-state index is 12.4. The summed E-state index contributed by atoms with van der Waals surface area (Å²) >= 11 is 0. The van der Waals surface area contributed by atoms with E-state index in [0.29, 0.717) is 23.8 Å². The fraction of sp³-hybridized carbons (Fsp3) is 0.346. The summed E-state index contributed by atoms with van der Waals surface area (Å²) in [6, 6.07) is 10.9. The summed E-state index contributed by atoms with van der Waals surface area (Å²) in [6.45, 7) is 1.80. The van der Waals surface area contributed by atoms with Crippen LogP contribution in [0, 0.1) is 0 Å². The van der Waals surface area contributed by atoms with E-state index in [-0.39, 0.29) is 23.7 Å². The monoisotopic (exact) mass is 540 g/mol. The number of rotatable bonds is 5. The lowest BCUT2D eigenvalue weighted by molar-refractivity contribution is -0.143. The van der Waals surface area contributed by atoms with Crippen LogP contribution >= 0.6 is 0 Å². The van der Waals surface area contributed by atoms with E-state index < -0.39 is 29.4 Å². The molecule has 1 aliphatic heterocycles. The van der Waals surface area contributed by atoms with E-state index in [1.54, 1.807) is 0 Å². The van der Waals surface area contributed by atoms with Crippen LogP contribution < -0.4 is 10.2 Å². The van der Waals surface area contributed by atoms with Crippen molar-refractivity contribution in [1.82, 2.24) is 15.3 Å². The van der Waals surface area contributed by atoms with Crippen LogP contribution in [0.15, 0.2) is 54.7 Å². The van der Waals surface area contributed by atoms with Crippen molar-refractivity contribution >= 4 is 11.9 Å². The highest BCUT2D eigenvalue weighted by atomic mass is 19.4. The van der Waals surface area contributed by atoms with Gasteiger partial charge in [-0.15, -0.1) is 0 Å². The van der Waals surface area contributed by atoms with Crippen LogP contribution in [0.1, 0.15) is 46.3 Å². The maximum Gasteiger partial charge on any atom is 0.416 e. The van der Waals surface area contributed by atoms with Crippen LogP contribution in [-0.4, -0.2) is 41.2 Å². The molecule has 0 amide bonds. The lowest BCUT2D eigenvalue weighted by atomic mass is 10.0. The number of piperidine rings is 1. The largest absolute Gasteiger partial charge is 0.478 e. The van der Waals surface area contributed by atoms with Crippen molar-refractivity contribution in [2.24, 2.45) is 0 Å². The highest BCUT2D eigenvalue weighted by molar-refractivity contribution is 5.94. The van der Waals surface area contributed by atoms with Gasteiger partial charge in [0.2, 0.25) is 5.95 Å². The Bertz CT molecular complexity index is 1190. The molecule has 1 aromatic heterocycles. The Hall–Kier alpha value is -3.67. The molecule has 2 N–H and O–H groups in total. The molecular weight excluding hydrogens is 514 g/mol. The molecule has 1 fully saturated rings. The van der Waals surface area contributed by atoms with Gasteiger partial charge in [0.25, 0.3) is 0 Å². The Morgan fingerprint density at radius 3 is 2.03 bits per heavy atom. The fourth-order valence-electron chi connectivity index (χ4n) is 3.92. The third-order valence-corrected chi connectivity index (χ3v) is 5.72. The Labute approximate surface area is 215 Å². The van der Waals surface area contributed by atoms with Crippen LogP contribution in [0.3, 0.4) is 0 Å². The van der Waals surface area contributed by atoms with Crippen LogP contribution in [-0.2, 0) is 18.9 Å². The zero-order chi connectivity index (χ0) is 27.9. The predicted molar refractivity (Wildman–Crippen MR) is 130 cm³/mol. The second-order valence-corrected chi connectivity index (χ2v) is 8.60. The summed E-state index contributed by atoms with van der Waals surface area (Å²) in [5.74, 6) is -0.377. The summed E-state index contributed by atoms with van der Waals surface area (Å²) in [5.41, 5.74) is -1.22. The lowest BCUT2D eigenvalue weighted by Gasteiger charge is -2.27. The first-order valence-electron chi connectivity index (χ1n) is 11.7. The van der Waals surface area contributed by atoms with Crippen molar-refractivity contribution in [3.8, 4) is 11.3 Å². The normalized spacial score (nSPS) is 14.0. The van der Waals surface area contributed by atoms with Gasteiger partial charge in [-0.25, -0.2) is 14.8 Å². The Morgan fingerprint density at radius 2 is 1.53 bits per heavy atom. The van der Waals surface area contributed by atoms with Gasteiger partial charge in [-0.1, -0.05) is 30.3 Å². The third kappa shape index (κ3) is 7.67. The highest BCUT2D eigenvalue weighted by Gasteiger charge is 2.36. The van der Waals surface area contributed by atoms with Crippen molar-refractivity contribution in [3.05, 3.63) is 77.0 Å². The molecule has 12 heteroatoms. The minimum atomic E-state index is -4.79. The van der Waals surface area contributed by atoms with E-state index >= 15 is 0 Å². The number of nitrogens with zero attached hydrogens (tertiary/aromatic N) is 3. The van der Waals surface area contributed by atoms with Crippen molar-refractivity contribution < 1.29 is 36.2 Å². The zero-order valence-electron chi connectivity index (χ0n) is 20.4. The number of aromatic nitrogens is 2. The van der Waals surface area contributed by atoms with Crippen molar-refractivity contribution in [2.45, 2.75) is 38.2 Å². The summed E-state index contributed by atoms with van der Waals surface area (Å²) in [6.07, 6.45) is -4.67. The summed E-state index contributed by atoms with van der Waals surface area (Å²) in [7, 11) is 1.44. The quantitative estimate of drug-likeness (QED) is 0.371. The third-order valence-electron chi connectivity index (χ3n) is 5.72. The number of nitrogens with one attached hydrogen (secondary N) is 1. The Morgan fingerprint density at radius 1 is 0.947 bits per heavy atom. The van der Waals surface area contributed by atoms with E-state index in [2.05, 4.69) is 20.2 Å². The van der Waals surface area contributed by atoms with Gasteiger partial charge >= 0.3 is 18.3 Å². The van der Waals surface area contributed by atoms with E-state index in [1.165, 1.54) is 19.7 Å². The standard InChI is InChI=1S/C16H17N3O2.C10H9F6N/c20-15(21)13-11-17-16(19-9-5-2-6-10-19)18-14(13)12-7-3-1-4-8-12;1-17-5-6-2-7(9(11,12)13)4-8(3-6)10(14,15)16/h1,3-4,7-8,11H,2,5-6,9-10H2,(H,20,21);2-4,17H,5H2,1H3. The van der Waals surface area contributed by atoms with E-state index in [1.807, 2.05) is 30.3 Å². The van der Waals surface area contributed by atoms with Gasteiger partial charge in [-0.05, 0) is 50.1 Å². The zero-order valence-corrected chi connectivity index (χ0v) is 20.4. The topological polar surface area (TPSA) is 78.3 Å². The number of anilines is 1. The van der Waals surface area contributed by atoms with Crippen LogP contribution in [0.5, 0.6) is 0 Å². The van der Waals surface area contributed by atoms with Crippen molar-refractivity contribution in [3.63, 3.8) is 0 Å². The minimum Gasteiger partial charge on any atom is -0.478 e. The minimum absolute atomic E-state index is 0.0605. The molecule has 204 valence electrons. The molecular formula is C26H26F6N4O2. The smallest absolute Gasteiger partial charge is 0.416 e. The van der Waals surface area contributed by atoms with Crippen LogP contribution in [0.4, 0.5) is 32.3 Å². The number of carbonyl (C=O) groups is 1. The molecule has 0 bridgehead atoms. The van der Waals surface area contributed by atoms with Gasteiger partial charge in [0.05, 0.1) is 16.8 Å². The lowest BCUT2D eigenvalue weighted by Crippen LogP contribution is -2.31. The molecule has 6 nitrogen and oxygen atoms in total. The molecule has 4 rings (SSSR count). The molecule has 3 aromatic rings. The first-order valence-corrected chi connectivity index (χ1v) is 11.7. The van der Waals surface area contributed by atoms with Gasteiger partial charge in [0, 0.05) is 31.4 Å². The molecule has 2 aromatic carbocycles. The van der Waals surface area contributed by atoms with Gasteiger partial charge in [-0.3, -0.25) is 0 Å². The van der Waals surface area contributed by atoms with Gasteiger partial charge in [-0.2, -0.15) is 26.3 Å². The fourth-order valence-corrected chi connectivity index (χ4v) is 3.92. The molecule has 1 aliphatic rings. The number of alkyl halides is 6. The number of hydrogen-bond acceptors (Lipinski definition) is 5. The first kappa shape index (κ1) is 28.9. The number of carboxylic acid groups (broad SMARTS) is 1. The van der Waals surface area contributed by atoms with Gasteiger partial charge in [0.15, 0.2) is 0 Å². The average molecular weight is 541 g/mol. The summed E-state index contributed by atoms with van der Waals surface area (Å²) in [4.78, 5) is 22.3. The predicted octanol–water partition coefficient (Wildman–Crippen LogP) is 6.28. The van der Waals surface area contributed by atoms with E-state index in [9.17, 15) is 36.2 Å². The van der Waals surface area contributed by atoms with Crippen molar-refractivity contribution in [2.75, 3.05) is 25.0 Å². The Kier molecular flexibility index (Phi) is 9.31. The molecule has 0 radical (unpaired) electrons. The Balaban J connectivity index is 0.000000216. The number of halogens is 6. The maximum absolute atomic E-state index is 12.4. The average Bonchev–Trinajstić information content (AvgIpc) is 2.89. The molecule has 0 atom stereocenters. The molecule has 0 aliphatic carbocycles. The molecule has 38 heavy (non-hydrogen) atoms. The van der Waals surface area contributed by atoms with Crippen molar-refractivity contribution in [1.29, 1.82) is 0 Å². The molecule has 1 saturated heterocycles. The van der Waals surface area contributed by atoms with Gasteiger partial charge in [0.1, 0.15) is 5.56 Å². The summed E-state index contributed by atoms with van der Waals surface area (Å²) in [5, 5.41) is 11.8. The second kappa shape index (κ2) is 12.2. The molecule has 0 saturated carbocycles. The van der Waals surface area contributed by atoms with E-state index in [4.69, 9.17) is 0 Å². The number of benzene rings is 2. The molecule has 0 spiro atoms. The second-order valence-electron chi connectivity index (χ2n) is 8.60. The first-order chi connectivity index (χ1) is 17.9. The summed E-state index contributed by atoms with van der Waals surface area (Å²) < 4.78 is 74.3. The SMILES string of the molecule is CNCc1cc(C(F)(F)F)cc(C(F)(F)F)c1.O=C(O)c1cnc(N2CCCCC2)nc1-c1ccccc1. The number of hydrogen-bond donors (Lipinski definition) is 2. The number of aromatic carboxylic acids is 1. The molecule has 2 heterocycles. The highest BCUT2D eigenvalue weighted by Crippen LogP contribution is 2.36. The molecule has 0 unspecified atom stereocenters. The van der Waals surface area contributed by atoms with Gasteiger partial charge < -0.3 is 15.3 Å². The van der Waals surface area contributed by atoms with Crippen LogP contribution in [0.2, 0.25) is 0 Å².